The molecule has 11 heteroatoms. The molecule has 2 atom stereocenters. The highest BCUT2D eigenvalue weighted by atomic mass is 32.2. The molecular weight excluding hydrogens is 448 g/mol. The minimum Gasteiger partial charge on any atom is -0.543 e. The van der Waals surface area contributed by atoms with E-state index in [-0.39, 0.29) is 23.6 Å². The molecule has 1 N–H and O–H groups in total. The van der Waals surface area contributed by atoms with Crippen molar-refractivity contribution in [3.05, 3.63) is 58.6 Å². The summed E-state index contributed by atoms with van der Waals surface area (Å²) < 4.78 is 6.56. The summed E-state index contributed by atoms with van der Waals surface area (Å²) in [6.07, 6.45) is 0. The molecule has 4 rings (SSSR count). The molecule has 2 aliphatic rings. The number of benzene rings is 1. The van der Waals surface area contributed by atoms with Crippen molar-refractivity contribution in [1.29, 1.82) is 0 Å². The summed E-state index contributed by atoms with van der Waals surface area (Å²) >= 11 is 1.28. The number of carboxylic acid groups (broad SMARTS) is 1. The summed E-state index contributed by atoms with van der Waals surface area (Å²) in [4.78, 5) is 49.8. The van der Waals surface area contributed by atoms with E-state index in [2.05, 4.69) is 10.4 Å². The largest absolute Gasteiger partial charge is 0.543 e. The third kappa shape index (κ3) is 3.99. The van der Waals surface area contributed by atoms with Crippen molar-refractivity contribution in [1.82, 2.24) is 20.0 Å². The maximum atomic E-state index is 13.1. The zero-order valence-electron chi connectivity index (χ0n) is 18.2. The first-order chi connectivity index (χ1) is 15.7. The second kappa shape index (κ2) is 8.74. The molecule has 0 spiro atoms. The van der Waals surface area contributed by atoms with Crippen molar-refractivity contribution < 1.29 is 29.0 Å². The number of fused-ring (bicyclic) bond motifs is 1. The first-order valence-corrected chi connectivity index (χ1v) is 11.2. The molecule has 0 radical (unpaired) electrons. The summed E-state index contributed by atoms with van der Waals surface area (Å²) in [5, 5.41) is 18.3. The first kappa shape index (κ1) is 22.6. The molecule has 1 saturated heterocycles. The van der Waals surface area contributed by atoms with Gasteiger partial charge in [0.15, 0.2) is 0 Å². The van der Waals surface area contributed by atoms with Crippen LogP contribution in [-0.4, -0.2) is 62.2 Å². The number of ether oxygens (including phenoxy) is 1. The molecule has 0 aliphatic carbocycles. The molecule has 2 aliphatic heterocycles. The minimum absolute atomic E-state index is 0.224. The molecule has 2 aromatic rings. The molecular formula is C22H21N4O6S-. The van der Waals surface area contributed by atoms with Crippen LogP contribution in [0.5, 0.6) is 0 Å². The van der Waals surface area contributed by atoms with Crippen molar-refractivity contribution in [2.45, 2.75) is 32.2 Å². The van der Waals surface area contributed by atoms with Crippen molar-refractivity contribution >= 4 is 35.5 Å². The predicted octanol–water partition coefficient (Wildman–Crippen LogP) is 0.0697. The number of para-hydroxylation sites is 1. The molecule has 1 aromatic carbocycles. The van der Waals surface area contributed by atoms with Gasteiger partial charge in [-0.05, 0) is 26.0 Å². The van der Waals surface area contributed by atoms with Gasteiger partial charge in [-0.25, -0.2) is 4.68 Å². The molecule has 172 valence electrons. The van der Waals surface area contributed by atoms with Gasteiger partial charge in [0, 0.05) is 18.2 Å². The number of aromatic nitrogens is 2. The van der Waals surface area contributed by atoms with Crippen LogP contribution in [0.15, 0.2) is 41.6 Å². The van der Waals surface area contributed by atoms with E-state index in [1.165, 1.54) is 18.7 Å². The lowest BCUT2D eigenvalue weighted by molar-refractivity contribution is -0.301. The monoisotopic (exact) mass is 469 g/mol. The second-order valence-corrected chi connectivity index (χ2v) is 8.78. The van der Waals surface area contributed by atoms with Gasteiger partial charge in [0.2, 0.25) is 0 Å². The number of carboxylic acids is 1. The van der Waals surface area contributed by atoms with Crippen LogP contribution in [0.1, 0.15) is 28.7 Å². The Bertz CT molecular complexity index is 1190. The van der Waals surface area contributed by atoms with Crippen LogP contribution in [0.4, 0.5) is 0 Å². The number of hydrogen-bond acceptors (Lipinski definition) is 8. The van der Waals surface area contributed by atoms with Crippen LogP contribution in [0, 0.1) is 13.8 Å². The minimum atomic E-state index is -1.53. The lowest BCUT2D eigenvalue weighted by atomic mass is 10.0. The number of carbonyl (C=O) groups excluding carboxylic acids is 4. The third-order valence-corrected chi connectivity index (χ3v) is 6.84. The van der Waals surface area contributed by atoms with Crippen LogP contribution in [-0.2, 0) is 19.1 Å². The van der Waals surface area contributed by atoms with Crippen LogP contribution in [0.3, 0.4) is 0 Å². The van der Waals surface area contributed by atoms with Gasteiger partial charge in [-0.1, -0.05) is 18.2 Å². The molecule has 0 bridgehead atoms. The number of rotatable bonds is 6. The van der Waals surface area contributed by atoms with Gasteiger partial charge in [0.25, 0.3) is 11.8 Å². The Morgan fingerprint density at radius 3 is 2.58 bits per heavy atom. The zero-order chi connectivity index (χ0) is 23.9. The van der Waals surface area contributed by atoms with Gasteiger partial charge in [-0.15, -0.1) is 11.8 Å². The van der Waals surface area contributed by atoms with E-state index in [4.69, 9.17) is 4.74 Å². The Balaban J connectivity index is 1.54. The number of nitrogens with zero attached hydrogens (tertiary/aromatic N) is 3. The van der Waals surface area contributed by atoms with E-state index in [9.17, 15) is 24.3 Å². The number of β-lactam (4-membered cyclic amide) rings is 1. The SMILES string of the molecule is CC(=O)OCC1=C(C(=O)[O-])N2C(=O)C(NC(=O)c3c(C)nn(-c4ccccc4)c3C)C2SC1. The Kier molecular flexibility index (Phi) is 5.98. The van der Waals surface area contributed by atoms with Crippen LogP contribution in [0.25, 0.3) is 5.69 Å². The molecule has 3 heterocycles. The van der Waals surface area contributed by atoms with Crippen molar-refractivity contribution in [2.75, 3.05) is 12.4 Å². The van der Waals surface area contributed by atoms with Crippen molar-refractivity contribution in [3.8, 4) is 5.69 Å². The Morgan fingerprint density at radius 1 is 1.24 bits per heavy atom. The van der Waals surface area contributed by atoms with E-state index >= 15 is 0 Å². The molecule has 0 saturated carbocycles. The van der Waals surface area contributed by atoms with Crippen LogP contribution < -0.4 is 10.4 Å². The lowest BCUT2D eigenvalue weighted by Crippen LogP contribution is -2.71. The first-order valence-electron chi connectivity index (χ1n) is 10.1. The van der Waals surface area contributed by atoms with E-state index in [1.54, 1.807) is 18.5 Å². The maximum absolute atomic E-state index is 13.1. The van der Waals surface area contributed by atoms with E-state index in [1.807, 2.05) is 30.3 Å². The van der Waals surface area contributed by atoms with Gasteiger partial charge in [-0.3, -0.25) is 19.3 Å². The van der Waals surface area contributed by atoms with Crippen LogP contribution in [0.2, 0.25) is 0 Å². The van der Waals surface area contributed by atoms with Gasteiger partial charge in [0.05, 0.1) is 34.3 Å². The van der Waals surface area contributed by atoms with E-state index < -0.39 is 35.2 Å². The topological polar surface area (TPSA) is 134 Å². The number of aliphatic carboxylic acids is 1. The zero-order valence-corrected chi connectivity index (χ0v) is 19.0. The van der Waals surface area contributed by atoms with Crippen molar-refractivity contribution in [3.63, 3.8) is 0 Å². The molecule has 1 fully saturated rings. The fraction of sp³-hybridized carbons (Fsp3) is 0.318. The number of nitrogens with one attached hydrogen (secondary N) is 1. The number of thioether (sulfide) groups is 1. The van der Waals surface area contributed by atoms with Gasteiger partial charge in [0.1, 0.15) is 18.0 Å². The van der Waals surface area contributed by atoms with Gasteiger partial charge >= 0.3 is 5.97 Å². The normalized spacial score (nSPS) is 19.6. The Morgan fingerprint density at radius 2 is 1.94 bits per heavy atom. The second-order valence-electron chi connectivity index (χ2n) is 7.67. The standard InChI is InChI=1S/C22H22N4O6S/c1-11-16(12(2)26(24-11)15-7-5-4-6-8-15)19(28)23-17-20(29)25-18(22(30)31)14(9-32-13(3)27)10-33-21(17)25/h4-8,17,21H,9-10H2,1-3H3,(H,23,28)(H,30,31)/p-1. The molecule has 10 nitrogen and oxygen atoms in total. The van der Waals surface area contributed by atoms with Crippen LogP contribution >= 0.6 is 11.8 Å². The average Bonchev–Trinajstić information content (AvgIpc) is 3.09. The van der Waals surface area contributed by atoms with Gasteiger partial charge < -0.3 is 20.0 Å². The quantitative estimate of drug-likeness (QED) is 0.464. The summed E-state index contributed by atoms with van der Waals surface area (Å²) in [6, 6.07) is 8.46. The average molecular weight is 469 g/mol. The molecule has 1 aromatic heterocycles. The number of esters is 1. The Labute approximate surface area is 193 Å². The highest BCUT2D eigenvalue weighted by Crippen LogP contribution is 2.40. The summed E-state index contributed by atoms with van der Waals surface area (Å²) in [5.41, 5.74) is 2.26. The number of aryl methyl sites for hydroxylation is 1. The highest BCUT2D eigenvalue weighted by Gasteiger charge is 2.53. The predicted molar refractivity (Wildman–Crippen MR) is 116 cm³/mol. The third-order valence-electron chi connectivity index (χ3n) is 5.50. The fourth-order valence-corrected chi connectivity index (χ4v) is 5.30. The number of amides is 2. The lowest BCUT2D eigenvalue weighted by Gasteiger charge is -2.50. The fourth-order valence-electron chi connectivity index (χ4n) is 3.98. The molecule has 33 heavy (non-hydrogen) atoms. The summed E-state index contributed by atoms with van der Waals surface area (Å²) in [7, 11) is 0. The number of hydrogen-bond donors (Lipinski definition) is 1. The van der Waals surface area contributed by atoms with Crippen molar-refractivity contribution in [2.24, 2.45) is 0 Å². The number of carbonyl (C=O) groups is 4. The Hall–Kier alpha value is -3.60. The summed E-state index contributed by atoms with van der Waals surface area (Å²) in [5.74, 6) is -2.89. The smallest absolute Gasteiger partial charge is 0.302 e. The molecule has 2 unspecified atom stereocenters. The summed E-state index contributed by atoms with van der Waals surface area (Å²) in [6.45, 7) is 4.45. The maximum Gasteiger partial charge on any atom is 0.302 e. The highest BCUT2D eigenvalue weighted by molar-refractivity contribution is 8.00. The van der Waals surface area contributed by atoms with E-state index in [0.29, 0.717) is 17.0 Å². The van der Waals surface area contributed by atoms with Gasteiger partial charge in [-0.2, -0.15) is 5.10 Å². The molecule has 2 amide bonds. The van der Waals surface area contributed by atoms with E-state index in [0.717, 1.165) is 10.6 Å².